The minimum Gasteiger partial charge on any atom is -0.207 e. The fourth-order valence-corrected chi connectivity index (χ4v) is 2.85. The molecule has 2 nitrogen and oxygen atoms in total. The Morgan fingerprint density at radius 3 is 2.43 bits per heavy atom. The Morgan fingerprint density at radius 2 is 1.78 bits per heavy atom. The molecule has 0 saturated heterocycles. The summed E-state index contributed by atoms with van der Waals surface area (Å²) in [4.78, 5) is 0. The third-order valence-electron chi connectivity index (χ3n) is 3.58. The van der Waals surface area contributed by atoms with Gasteiger partial charge in [0.1, 0.15) is 11.6 Å². The summed E-state index contributed by atoms with van der Waals surface area (Å²) in [5, 5.41) is 16.9. The monoisotopic (exact) mass is 374 g/mol. The number of rotatable bonds is 2. The zero-order chi connectivity index (χ0) is 16.8. The summed E-state index contributed by atoms with van der Waals surface area (Å²) >= 11 is 3.23. The van der Waals surface area contributed by atoms with Crippen molar-refractivity contribution in [2.45, 2.75) is 25.2 Å². The van der Waals surface area contributed by atoms with Crippen molar-refractivity contribution in [3.8, 4) is 12.1 Å². The number of nitrogens with zero attached hydrogens (tertiary/aromatic N) is 2. The molecule has 0 aliphatic heterocycles. The van der Waals surface area contributed by atoms with Gasteiger partial charge >= 0.3 is 0 Å². The smallest absolute Gasteiger partial charge is 0.124 e. The molecule has 0 fully saturated rings. The fourth-order valence-electron chi connectivity index (χ4n) is 2.31. The summed E-state index contributed by atoms with van der Waals surface area (Å²) in [6.45, 7) is 0. The second kappa shape index (κ2) is 7.85. The van der Waals surface area contributed by atoms with E-state index in [-0.39, 0.29) is 17.6 Å². The molecular weight excluding hydrogens is 362 g/mol. The molecule has 0 heterocycles. The quantitative estimate of drug-likeness (QED) is 0.739. The highest BCUT2D eigenvalue weighted by Crippen LogP contribution is 2.34. The van der Waals surface area contributed by atoms with E-state index in [1.54, 1.807) is 12.1 Å². The second-order valence-corrected chi connectivity index (χ2v) is 5.98. The van der Waals surface area contributed by atoms with Crippen LogP contribution in [-0.4, -0.2) is 0 Å². The van der Waals surface area contributed by atoms with Gasteiger partial charge in [-0.2, -0.15) is 10.5 Å². The zero-order valence-corrected chi connectivity index (χ0v) is 13.8. The van der Waals surface area contributed by atoms with E-state index in [2.05, 4.69) is 22.0 Å². The first-order chi connectivity index (χ1) is 11.0. The van der Waals surface area contributed by atoms with Crippen LogP contribution in [0.1, 0.15) is 29.0 Å². The molecule has 0 saturated carbocycles. The van der Waals surface area contributed by atoms with E-state index in [0.29, 0.717) is 12.8 Å². The van der Waals surface area contributed by atoms with E-state index in [4.69, 9.17) is 10.5 Å². The summed E-state index contributed by atoms with van der Waals surface area (Å²) in [7, 11) is 0. The van der Waals surface area contributed by atoms with Gasteiger partial charge in [-0.05, 0) is 53.8 Å². The molecule has 23 heavy (non-hydrogen) atoms. The van der Waals surface area contributed by atoms with Gasteiger partial charge in [-0.1, -0.05) is 28.1 Å². The Hall–Kier alpha value is -2.24. The first-order valence-electron chi connectivity index (χ1n) is 7.04. The standard InChI is InChI=1S/C9H7BrFN.C9H6FN/c10-9-6-8(11)4-3-7(9)2-1-5-12;10-8-2-1-6-3-7(5-11)9(6)4-8/h3-4,6H,1-2H2;1-2,4,7H,3H2. The number of hydrogen-bond donors (Lipinski definition) is 0. The van der Waals surface area contributed by atoms with Crippen LogP contribution in [0.3, 0.4) is 0 Å². The summed E-state index contributed by atoms with van der Waals surface area (Å²) in [5.41, 5.74) is 2.95. The van der Waals surface area contributed by atoms with Gasteiger partial charge in [-0.3, -0.25) is 0 Å². The van der Waals surface area contributed by atoms with Crippen molar-refractivity contribution in [1.82, 2.24) is 0 Å². The van der Waals surface area contributed by atoms with Gasteiger partial charge in [-0.15, -0.1) is 0 Å². The van der Waals surface area contributed by atoms with E-state index < -0.39 is 0 Å². The van der Waals surface area contributed by atoms with Gasteiger partial charge in [0.05, 0.1) is 18.1 Å². The Balaban J connectivity index is 0.000000167. The highest BCUT2D eigenvalue weighted by molar-refractivity contribution is 9.10. The summed E-state index contributed by atoms with van der Waals surface area (Å²) in [6.07, 6.45) is 1.91. The number of nitriles is 2. The van der Waals surface area contributed by atoms with Crippen LogP contribution in [0.5, 0.6) is 0 Å². The van der Waals surface area contributed by atoms with Crippen LogP contribution in [0.25, 0.3) is 0 Å². The minimum atomic E-state index is -0.261. The van der Waals surface area contributed by atoms with E-state index in [0.717, 1.165) is 27.6 Å². The topological polar surface area (TPSA) is 47.6 Å². The molecule has 2 aromatic rings. The number of hydrogen-bond acceptors (Lipinski definition) is 2. The van der Waals surface area contributed by atoms with Gasteiger partial charge in [-0.25, -0.2) is 8.78 Å². The molecule has 116 valence electrons. The van der Waals surface area contributed by atoms with Gasteiger partial charge in [0.2, 0.25) is 0 Å². The lowest BCUT2D eigenvalue weighted by Crippen LogP contribution is -2.15. The number of benzene rings is 2. The molecule has 0 aromatic heterocycles. The molecule has 0 bridgehead atoms. The Labute approximate surface area is 142 Å². The molecular formula is C18H13BrF2N2. The van der Waals surface area contributed by atoms with Crippen molar-refractivity contribution in [3.05, 3.63) is 69.2 Å². The first-order valence-corrected chi connectivity index (χ1v) is 7.83. The van der Waals surface area contributed by atoms with Crippen molar-refractivity contribution in [2.24, 2.45) is 0 Å². The predicted molar refractivity (Wildman–Crippen MR) is 86.5 cm³/mol. The van der Waals surface area contributed by atoms with Crippen LogP contribution in [-0.2, 0) is 12.8 Å². The highest BCUT2D eigenvalue weighted by atomic mass is 79.9. The van der Waals surface area contributed by atoms with E-state index in [1.807, 2.05) is 6.07 Å². The van der Waals surface area contributed by atoms with Crippen LogP contribution in [0, 0.1) is 34.3 Å². The number of fused-ring (bicyclic) bond motifs is 1. The highest BCUT2D eigenvalue weighted by Gasteiger charge is 2.25. The molecule has 5 heteroatoms. The Bertz CT molecular complexity index is 791. The molecule has 2 aromatic carbocycles. The lowest BCUT2D eigenvalue weighted by molar-refractivity contribution is 0.614. The molecule has 1 aliphatic rings. The van der Waals surface area contributed by atoms with Crippen molar-refractivity contribution in [3.63, 3.8) is 0 Å². The largest absolute Gasteiger partial charge is 0.207 e. The van der Waals surface area contributed by atoms with Crippen LogP contribution in [0.2, 0.25) is 0 Å². The minimum absolute atomic E-state index is 0.0688. The molecule has 0 N–H and O–H groups in total. The molecule has 0 amide bonds. The predicted octanol–water partition coefficient (Wildman–Crippen LogP) is 5.03. The summed E-state index contributed by atoms with van der Waals surface area (Å²) < 4.78 is 25.9. The normalized spacial score (nSPS) is 14.4. The zero-order valence-electron chi connectivity index (χ0n) is 12.2. The van der Waals surface area contributed by atoms with E-state index in [1.165, 1.54) is 24.3 Å². The molecule has 3 rings (SSSR count). The van der Waals surface area contributed by atoms with Crippen LogP contribution in [0.15, 0.2) is 40.9 Å². The lowest BCUT2D eigenvalue weighted by atomic mass is 9.79. The molecule has 1 unspecified atom stereocenters. The third kappa shape index (κ3) is 4.37. The van der Waals surface area contributed by atoms with Gasteiger partial charge in [0.25, 0.3) is 0 Å². The average Bonchev–Trinajstić information content (AvgIpc) is 2.51. The Kier molecular flexibility index (Phi) is 5.84. The first kappa shape index (κ1) is 17.1. The van der Waals surface area contributed by atoms with Crippen molar-refractivity contribution < 1.29 is 8.78 Å². The maximum Gasteiger partial charge on any atom is 0.124 e. The second-order valence-electron chi connectivity index (χ2n) is 5.12. The molecule has 0 radical (unpaired) electrons. The number of halogens is 3. The lowest BCUT2D eigenvalue weighted by Gasteiger charge is -2.23. The van der Waals surface area contributed by atoms with Gasteiger partial charge in [0, 0.05) is 10.9 Å². The van der Waals surface area contributed by atoms with Crippen molar-refractivity contribution >= 4 is 15.9 Å². The van der Waals surface area contributed by atoms with Crippen LogP contribution >= 0.6 is 15.9 Å². The van der Waals surface area contributed by atoms with Crippen LogP contribution in [0.4, 0.5) is 8.78 Å². The van der Waals surface area contributed by atoms with Gasteiger partial charge < -0.3 is 0 Å². The van der Waals surface area contributed by atoms with Crippen molar-refractivity contribution in [1.29, 1.82) is 10.5 Å². The molecule has 0 spiro atoms. The summed E-state index contributed by atoms with van der Waals surface area (Å²) in [6, 6.07) is 13.3. The van der Waals surface area contributed by atoms with E-state index in [9.17, 15) is 8.78 Å². The molecule has 1 aliphatic carbocycles. The average molecular weight is 375 g/mol. The van der Waals surface area contributed by atoms with Crippen LogP contribution < -0.4 is 0 Å². The maximum absolute atomic E-state index is 12.6. The van der Waals surface area contributed by atoms with Crippen molar-refractivity contribution in [2.75, 3.05) is 0 Å². The summed E-state index contributed by atoms with van der Waals surface area (Å²) in [5.74, 6) is -0.577. The maximum atomic E-state index is 12.6. The molecule has 1 atom stereocenters. The van der Waals surface area contributed by atoms with Gasteiger partial charge in [0.15, 0.2) is 0 Å². The SMILES string of the molecule is N#CC1Cc2ccc(F)cc21.N#CCCc1ccc(F)cc1Br. The fraction of sp³-hybridized carbons (Fsp3) is 0.222. The number of aryl methyl sites for hydroxylation is 1. The third-order valence-corrected chi connectivity index (χ3v) is 4.32. The van der Waals surface area contributed by atoms with E-state index >= 15 is 0 Å². The Morgan fingerprint density at radius 1 is 1.09 bits per heavy atom.